The highest BCUT2D eigenvalue weighted by Crippen LogP contribution is 2.29. The fourth-order valence-corrected chi connectivity index (χ4v) is 2.43. The quantitative estimate of drug-likeness (QED) is 0.877. The molecule has 0 unspecified atom stereocenters. The Morgan fingerprint density at radius 3 is 2.80 bits per heavy atom. The minimum Gasteiger partial charge on any atom is -0.388 e. The van der Waals surface area contributed by atoms with Crippen molar-refractivity contribution in [2.75, 3.05) is 39.0 Å². The molecule has 110 valence electrons. The van der Waals surface area contributed by atoms with E-state index in [0.717, 1.165) is 31.6 Å². The van der Waals surface area contributed by atoms with Crippen molar-refractivity contribution in [3.8, 4) is 0 Å². The van der Waals surface area contributed by atoms with E-state index in [9.17, 15) is 4.79 Å². The molecule has 2 N–H and O–H groups in total. The molecule has 5 heteroatoms. The van der Waals surface area contributed by atoms with Gasteiger partial charge in [-0.2, -0.15) is 0 Å². The molecule has 1 aliphatic heterocycles. The van der Waals surface area contributed by atoms with Crippen molar-refractivity contribution in [2.45, 2.75) is 19.8 Å². The van der Waals surface area contributed by atoms with Crippen LogP contribution in [-0.2, 0) is 0 Å². The monoisotopic (exact) mass is 276 g/mol. The maximum Gasteiger partial charge on any atom is 0.269 e. The highest BCUT2D eigenvalue weighted by molar-refractivity contribution is 5.93. The third-order valence-corrected chi connectivity index (χ3v) is 4.15. The standard InChI is InChI=1S/C15H24N4O/c1-15(5-8-19(3)9-6-15)11-18-14(20)13-10-12(16-2)4-7-17-13/h4,7,10H,5-6,8-9,11H2,1-3H3,(H,16,17)(H,18,20). The molecular formula is C15H24N4O. The smallest absolute Gasteiger partial charge is 0.269 e. The molecule has 1 aromatic rings. The first kappa shape index (κ1) is 14.8. The molecule has 0 aromatic carbocycles. The Balaban J connectivity index is 1.91. The van der Waals surface area contributed by atoms with E-state index < -0.39 is 0 Å². The molecule has 0 atom stereocenters. The molecular weight excluding hydrogens is 252 g/mol. The van der Waals surface area contributed by atoms with Crippen LogP contribution in [0, 0.1) is 5.41 Å². The summed E-state index contributed by atoms with van der Waals surface area (Å²) in [6.45, 7) is 5.16. The summed E-state index contributed by atoms with van der Waals surface area (Å²) in [6.07, 6.45) is 3.89. The molecule has 0 radical (unpaired) electrons. The summed E-state index contributed by atoms with van der Waals surface area (Å²) in [5.74, 6) is -0.0951. The van der Waals surface area contributed by atoms with Crippen molar-refractivity contribution in [1.82, 2.24) is 15.2 Å². The van der Waals surface area contributed by atoms with Crippen molar-refractivity contribution < 1.29 is 4.79 Å². The number of nitrogens with one attached hydrogen (secondary N) is 2. The van der Waals surface area contributed by atoms with Crippen LogP contribution in [0.1, 0.15) is 30.3 Å². The molecule has 1 fully saturated rings. The van der Waals surface area contributed by atoms with E-state index in [1.807, 2.05) is 13.1 Å². The average Bonchev–Trinajstić information content (AvgIpc) is 2.48. The second-order valence-electron chi connectivity index (χ2n) is 5.98. The van der Waals surface area contributed by atoms with Crippen molar-refractivity contribution in [3.63, 3.8) is 0 Å². The van der Waals surface area contributed by atoms with E-state index in [1.54, 1.807) is 12.3 Å². The lowest BCUT2D eigenvalue weighted by Crippen LogP contribution is -2.43. The molecule has 1 saturated heterocycles. The van der Waals surface area contributed by atoms with Gasteiger partial charge in [-0.15, -0.1) is 0 Å². The zero-order chi connectivity index (χ0) is 14.6. The molecule has 1 aliphatic rings. The van der Waals surface area contributed by atoms with E-state index in [-0.39, 0.29) is 11.3 Å². The molecule has 20 heavy (non-hydrogen) atoms. The molecule has 1 aromatic heterocycles. The number of likely N-dealkylation sites (tertiary alicyclic amines) is 1. The van der Waals surface area contributed by atoms with Gasteiger partial charge in [0.1, 0.15) is 5.69 Å². The predicted octanol–water partition coefficient (Wildman–Crippen LogP) is 1.58. The molecule has 2 heterocycles. The Hall–Kier alpha value is -1.62. The summed E-state index contributed by atoms with van der Waals surface area (Å²) in [6, 6.07) is 3.61. The largest absolute Gasteiger partial charge is 0.388 e. The third-order valence-electron chi connectivity index (χ3n) is 4.15. The van der Waals surface area contributed by atoms with E-state index >= 15 is 0 Å². The fraction of sp³-hybridized carbons (Fsp3) is 0.600. The zero-order valence-electron chi connectivity index (χ0n) is 12.6. The molecule has 5 nitrogen and oxygen atoms in total. The van der Waals surface area contributed by atoms with Gasteiger partial charge in [0.05, 0.1) is 0 Å². The molecule has 0 spiro atoms. The molecule has 0 saturated carbocycles. The Morgan fingerprint density at radius 2 is 2.15 bits per heavy atom. The van der Waals surface area contributed by atoms with Crippen LogP contribution in [0.25, 0.3) is 0 Å². The number of hydrogen-bond acceptors (Lipinski definition) is 4. The van der Waals surface area contributed by atoms with Gasteiger partial charge < -0.3 is 15.5 Å². The van der Waals surface area contributed by atoms with Gasteiger partial charge in [0.2, 0.25) is 0 Å². The third kappa shape index (κ3) is 3.70. The summed E-state index contributed by atoms with van der Waals surface area (Å²) in [5.41, 5.74) is 1.56. The van der Waals surface area contributed by atoms with E-state index in [0.29, 0.717) is 12.2 Å². The highest BCUT2D eigenvalue weighted by atomic mass is 16.1. The number of rotatable bonds is 4. The van der Waals surface area contributed by atoms with Gasteiger partial charge in [0, 0.05) is 25.5 Å². The van der Waals surface area contributed by atoms with Crippen LogP contribution in [0.2, 0.25) is 0 Å². The van der Waals surface area contributed by atoms with Crippen LogP contribution < -0.4 is 10.6 Å². The lowest BCUT2D eigenvalue weighted by molar-refractivity contribution is 0.0887. The van der Waals surface area contributed by atoms with Gasteiger partial charge in [-0.3, -0.25) is 9.78 Å². The Morgan fingerprint density at radius 1 is 1.45 bits per heavy atom. The first-order chi connectivity index (χ1) is 9.52. The number of piperidine rings is 1. The van der Waals surface area contributed by atoms with Crippen molar-refractivity contribution in [2.24, 2.45) is 5.41 Å². The van der Waals surface area contributed by atoms with Gasteiger partial charge in [-0.1, -0.05) is 6.92 Å². The summed E-state index contributed by atoms with van der Waals surface area (Å²) in [4.78, 5) is 18.6. The molecule has 0 bridgehead atoms. The lowest BCUT2D eigenvalue weighted by atomic mass is 9.80. The number of hydrogen-bond donors (Lipinski definition) is 2. The van der Waals surface area contributed by atoms with Crippen molar-refractivity contribution >= 4 is 11.6 Å². The average molecular weight is 276 g/mol. The number of pyridine rings is 1. The minimum atomic E-state index is -0.0951. The SMILES string of the molecule is CNc1ccnc(C(=O)NCC2(C)CCN(C)CC2)c1. The molecule has 0 aliphatic carbocycles. The summed E-state index contributed by atoms with van der Waals surface area (Å²) < 4.78 is 0. The first-order valence-electron chi connectivity index (χ1n) is 7.13. The highest BCUT2D eigenvalue weighted by Gasteiger charge is 2.29. The zero-order valence-corrected chi connectivity index (χ0v) is 12.6. The predicted molar refractivity (Wildman–Crippen MR) is 81.0 cm³/mol. The van der Waals surface area contributed by atoms with Gasteiger partial charge in [-0.05, 0) is 50.5 Å². The number of aromatic nitrogens is 1. The number of carbonyl (C=O) groups is 1. The number of nitrogens with zero attached hydrogens (tertiary/aromatic N) is 2. The van der Waals surface area contributed by atoms with E-state index in [2.05, 4.69) is 34.5 Å². The fourth-order valence-electron chi connectivity index (χ4n) is 2.43. The Bertz CT molecular complexity index is 467. The second-order valence-corrected chi connectivity index (χ2v) is 5.98. The molecule has 1 amide bonds. The summed E-state index contributed by atoms with van der Waals surface area (Å²) in [7, 11) is 3.97. The van der Waals surface area contributed by atoms with Crippen molar-refractivity contribution in [1.29, 1.82) is 0 Å². The number of carbonyl (C=O) groups excluding carboxylic acids is 1. The number of anilines is 1. The van der Waals surface area contributed by atoms with Gasteiger partial charge in [0.15, 0.2) is 0 Å². The maximum absolute atomic E-state index is 12.2. The Kier molecular flexibility index (Phi) is 4.60. The number of amides is 1. The van der Waals surface area contributed by atoms with Crippen LogP contribution in [-0.4, -0.2) is 49.5 Å². The van der Waals surface area contributed by atoms with Crippen LogP contribution in [0.3, 0.4) is 0 Å². The maximum atomic E-state index is 12.2. The normalized spacial score (nSPS) is 18.6. The topological polar surface area (TPSA) is 57.3 Å². The second kappa shape index (κ2) is 6.22. The summed E-state index contributed by atoms with van der Waals surface area (Å²) >= 11 is 0. The van der Waals surface area contributed by atoms with E-state index in [1.165, 1.54) is 0 Å². The Labute approximate surface area is 120 Å². The van der Waals surface area contributed by atoms with Gasteiger partial charge in [0.25, 0.3) is 5.91 Å². The van der Waals surface area contributed by atoms with Crippen molar-refractivity contribution in [3.05, 3.63) is 24.0 Å². The van der Waals surface area contributed by atoms with E-state index in [4.69, 9.17) is 0 Å². The minimum absolute atomic E-state index is 0.0951. The summed E-state index contributed by atoms with van der Waals surface area (Å²) in [5, 5.41) is 6.04. The van der Waals surface area contributed by atoms with Gasteiger partial charge in [-0.25, -0.2) is 0 Å². The lowest BCUT2D eigenvalue weighted by Gasteiger charge is -2.37. The first-order valence-corrected chi connectivity index (χ1v) is 7.13. The van der Waals surface area contributed by atoms with Crippen LogP contribution >= 0.6 is 0 Å². The van der Waals surface area contributed by atoms with Gasteiger partial charge >= 0.3 is 0 Å². The van der Waals surface area contributed by atoms with Crippen LogP contribution in [0.15, 0.2) is 18.3 Å². The van der Waals surface area contributed by atoms with Crippen LogP contribution in [0.5, 0.6) is 0 Å². The molecule has 2 rings (SSSR count). The van der Waals surface area contributed by atoms with Crippen LogP contribution in [0.4, 0.5) is 5.69 Å².